The van der Waals surface area contributed by atoms with E-state index in [2.05, 4.69) is 4.74 Å². The highest BCUT2D eigenvalue weighted by molar-refractivity contribution is 5.89. The molecule has 0 aromatic carbocycles. The van der Waals surface area contributed by atoms with Crippen LogP contribution in [0.1, 0.15) is 19.3 Å². The lowest BCUT2D eigenvalue weighted by atomic mass is 9.86. The summed E-state index contributed by atoms with van der Waals surface area (Å²) >= 11 is 0. The number of carbonyl (C=O) groups is 2. The zero-order valence-electron chi connectivity index (χ0n) is 6.56. The van der Waals surface area contributed by atoms with E-state index in [1.165, 1.54) is 0 Å². The Kier molecular flexibility index (Phi) is 2.58. The van der Waals surface area contributed by atoms with Crippen LogP contribution < -0.4 is 0 Å². The Labute approximate surface area is 71.9 Å². The number of carbonyl (C=O) groups excluding carboxylic acids is 2. The first kappa shape index (κ1) is 10.0. The Morgan fingerprint density at radius 3 is 2.08 bits per heavy atom. The number of hydrogen-bond acceptors (Lipinski definition) is 3. The monoisotopic (exact) mass is 196 g/mol. The van der Waals surface area contributed by atoms with Crippen molar-refractivity contribution in [3.05, 3.63) is 0 Å². The minimum absolute atomic E-state index is 0.504. The van der Waals surface area contributed by atoms with E-state index in [4.69, 9.17) is 0 Å². The number of halogens is 3. The van der Waals surface area contributed by atoms with Crippen LogP contribution in [0.4, 0.5) is 13.2 Å². The van der Waals surface area contributed by atoms with Crippen LogP contribution in [0.25, 0.3) is 0 Å². The second kappa shape index (κ2) is 3.35. The fourth-order valence-corrected chi connectivity index (χ4v) is 0.877. The summed E-state index contributed by atoms with van der Waals surface area (Å²) in [7, 11) is 0. The number of esters is 2. The van der Waals surface area contributed by atoms with Gasteiger partial charge in [0.15, 0.2) is 0 Å². The molecule has 0 amide bonds. The summed E-state index contributed by atoms with van der Waals surface area (Å²) in [6, 6.07) is 0. The minimum atomic E-state index is -5.08. The maximum atomic E-state index is 11.6. The molecule has 0 saturated heterocycles. The molecule has 0 atom stereocenters. The smallest absolute Gasteiger partial charge is 0.386 e. The first-order valence-electron chi connectivity index (χ1n) is 3.74. The van der Waals surface area contributed by atoms with Gasteiger partial charge in [-0.15, -0.1) is 0 Å². The van der Waals surface area contributed by atoms with Crippen LogP contribution in [0.15, 0.2) is 0 Å². The van der Waals surface area contributed by atoms with Gasteiger partial charge in [0.1, 0.15) is 0 Å². The zero-order chi connectivity index (χ0) is 10.1. The molecule has 0 unspecified atom stereocenters. The van der Waals surface area contributed by atoms with Crippen molar-refractivity contribution in [1.82, 2.24) is 0 Å². The van der Waals surface area contributed by atoms with Crippen LogP contribution in [0, 0.1) is 5.92 Å². The average Bonchev–Trinajstić information content (AvgIpc) is 1.79. The predicted octanol–water partition coefficient (Wildman–Crippen LogP) is 1.42. The van der Waals surface area contributed by atoms with Gasteiger partial charge in [-0.1, -0.05) is 6.42 Å². The fourth-order valence-electron chi connectivity index (χ4n) is 0.877. The summed E-state index contributed by atoms with van der Waals surface area (Å²) < 4.78 is 38.3. The van der Waals surface area contributed by atoms with E-state index in [0.29, 0.717) is 12.8 Å². The molecule has 0 bridgehead atoms. The summed E-state index contributed by atoms with van der Waals surface area (Å²) in [4.78, 5) is 20.9. The van der Waals surface area contributed by atoms with E-state index < -0.39 is 24.0 Å². The Balaban J connectivity index is 2.39. The summed E-state index contributed by atoms with van der Waals surface area (Å²) in [6.07, 6.45) is -3.28. The first-order valence-corrected chi connectivity index (χ1v) is 3.74. The summed E-state index contributed by atoms with van der Waals surface area (Å²) in [6.45, 7) is 0. The van der Waals surface area contributed by atoms with Crippen molar-refractivity contribution in [3.8, 4) is 0 Å². The standard InChI is InChI=1S/C7H7F3O3/c8-7(9,10)6(12)13-5(11)4-2-1-3-4/h4H,1-3H2. The number of alkyl halides is 3. The van der Waals surface area contributed by atoms with E-state index in [9.17, 15) is 22.8 Å². The summed E-state index contributed by atoms with van der Waals surface area (Å²) in [5.74, 6) is -4.01. The second-order valence-corrected chi connectivity index (χ2v) is 2.83. The molecule has 0 aromatic rings. The Morgan fingerprint density at radius 2 is 1.77 bits per heavy atom. The molecule has 13 heavy (non-hydrogen) atoms. The molecule has 0 heterocycles. The van der Waals surface area contributed by atoms with E-state index in [-0.39, 0.29) is 0 Å². The molecule has 74 valence electrons. The topological polar surface area (TPSA) is 43.4 Å². The van der Waals surface area contributed by atoms with Crippen LogP contribution in [0.5, 0.6) is 0 Å². The lowest BCUT2D eigenvalue weighted by molar-refractivity contribution is -0.203. The first-order chi connectivity index (χ1) is 5.91. The molecule has 0 aromatic heterocycles. The number of ether oxygens (including phenoxy) is 1. The third-order valence-electron chi connectivity index (χ3n) is 1.86. The van der Waals surface area contributed by atoms with Gasteiger partial charge in [-0.3, -0.25) is 4.79 Å². The van der Waals surface area contributed by atoms with Crippen molar-refractivity contribution >= 4 is 11.9 Å². The molecule has 1 saturated carbocycles. The maximum Gasteiger partial charge on any atom is 0.491 e. The van der Waals surface area contributed by atoms with E-state index in [0.717, 1.165) is 6.42 Å². The molecule has 1 aliphatic rings. The van der Waals surface area contributed by atoms with Crippen molar-refractivity contribution in [2.75, 3.05) is 0 Å². The summed E-state index contributed by atoms with van der Waals surface area (Å²) in [5, 5.41) is 0. The molecular weight excluding hydrogens is 189 g/mol. The molecule has 3 nitrogen and oxygen atoms in total. The minimum Gasteiger partial charge on any atom is -0.386 e. The van der Waals surface area contributed by atoms with Crippen molar-refractivity contribution < 1.29 is 27.5 Å². The average molecular weight is 196 g/mol. The van der Waals surface area contributed by atoms with Crippen LogP contribution in [0.2, 0.25) is 0 Å². The van der Waals surface area contributed by atoms with Gasteiger partial charge < -0.3 is 4.74 Å². The lowest BCUT2D eigenvalue weighted by Crippen LogP contribution is -2.33. The van der Waals surface area contributed by atoms with Gasteiger partial charge in [0.2, 0.25) is 0 Å². The van der Waals surface area contributed by atoms with Gasteiger partial charge in [0, 0.05) is 0 Å². The number of hydrogen-bond donors (Lipinski definition) is 0. The molecule has 0 N–H and O–H groups in total. The molecule has 0 spiro atoms. The fraction of sp³-hybridized carbons (Fsp3) is 0.714. The van der Waals surface area contributed by atoms with Crippen LogP contribution in [0.3, 0.4) is 0 Å². The highest BCUT2D eigenvalue weighted by Crippen LogP contribution is 2.28. The Morgan fingerprint density at radius 1 is 1.23 bits per heavy atom. The highest BCUT2D eigenvalue weighted by Gasteiger charge is 2.43. The predicted molar refractivity (Wildman–Crippen MR) is 34.5 cm³/mol. The molecule has 0 radical (unpaired) electrons. The molecule has 1 fully saturated rings. The SMILES string of the molecule is O=C(OC(=O)C(F)(F)F)C1CCC1. The third kappa shape index (κ3) is 2.43. The quantitative estimate of drug-likeness (QED) is 0.470. The van der Waals surface area contributed by atoms with Crippen LogP contribution >= 0.6 is 0 Å². The lowest BCUT2D eigenvalue weighted by Gasteiger charge is -2.22. The largest absolute Gasteiger partial charge is 0.491 e. The van der Waals surface area contributed by atoms with Crippen molar-refractivity contribution in [1.29, 1.82) is 0 Å². The maximum absolute atomic E-state index is 11.6. The van der Waals surface area contributed by atoms with Gasteiger partial charge in [-0.05, 0) is 12.8 Å². The third-order valence-corrected chi connectivity index (χ3v) is 1.86. The van der Waals surface area contributed by atoms with Gasteiger partial charge >= 0.3 is 18.1 Å². The zero-order valence-corrected chi connectivity index (χ0v) is 6.56. The van der Waals surface area contributed by atoms with Gasteiger partial charge in [-0.25, -0.2) is 4.79 Å². The van der Waals surface area contributed by atoms with Crippen molar-refractivity contribution in [2.24, 2.45) is 5.92 Å². The Hall–Kier alpha value is -1.07. The van der Waals surface area contributed by atoms with Gasteiger partial charge in [0.05, 0.1) is 5.92 Å². The molecule has 1 rings (SSSR count). The van der Waals surface area contributed by atoms with E-state index in [1.807, 2.05) is 0 Å². The number of rotatable bonds is 1. The Bertz CT molecular complexity index is 230. The van der Waals surface area contributed by atoms with Gasteiger partial charge in [0.25, 0.3) is 0 Å². The summed E-state index contributed by atoms with van der Waals surface area (Å²) in [5.41, 5.74) is 0. The van der Waals surface area contributed by atoms with Crippen molar-refractivity contribution in [3.63, 3.8) is 0 Å². The van der Waals surface area contributed by atoms with Gasteiger partial charge in [-0.2, -0.15) is 13.2 Å². The normalized spacial score (nSPS) is 17.8. The molecule has 6 heteroatoms. The molecule has 0 aliphatic heterocycles. The van der Waals surface area contributed by atoms with E-state index in [1.54, 1.807) is 0 Å². The van der Waals surface area contributed by atoms with E-state index >= 15 is 0 Å². The molecular formula is C7H7F3O3. The second-order valence-electron chi connectivity index (χ2n) is 2.83. The van der Waals surface area contributed by atoms with Crippen LogP contribution in [-0.2, 0) is 14.3 Å². The highest BCUT2D eigenvalue weighted by atomic mass is 19.4. The van der Waals surface area contributed by atoms with Crippen molar-refractivity contribution in [2.45, 2.75) is 25.4 Å². The molecule has 1 aliphatic carbocycles. The van der Waals surface area contributed by atoms with Crippen LogP contribution in [-0.4, -0.2) is 18.1 Å².